The number of rotatable bonds is 6. The molecule has 0 spiro atoms. The molecule has 2 unspecified atom stereocenters. The Kier molecular flexibility index (Phi) is 7.99. The molecule has 1 rings (SSSR count). The first-order chi connectivity index (χ1) is 11.9. The number of methoxy groups -OCH3 is 1. The molecule has 0 aromatic rings. The molecule has 138 valence electrons. The Morgan fingerprint density at radius 3 is 2.16 bits per heavy atom. The number of ether oxygens (including phenoxy) is 3. The van der Waals surface area contributed by atoms with Crippen molar-refractivity contribution >= 4 is 35.0 Å². The third-order valence-corrected chi connectivity index (χ3v) is 4.08. The average Bonchev–Trinajstić information content (AvgIpc) is 2.95. The normalized spacial score (nSPS) is 19.1. The van der Waals surface area contributed by atoms with Crippen LogP contribution in [0.5, 0.6) is 0 Å². The quantitative estimate of drug-likeness (QED) is 0.391. The third-order valence-electron chi connectivity index (χ3n) is 3.04. The first-order valence-corrected chi connectivity index (χ1v) is 8.12. The topological polar surface area (TPSA) is 102 Å². The summed E-state index contributed by atoms with van der Waals surface area (Å²) < 4.78 is 14.6. The summed E-state index contributed by atoms with van der Waals surface area (Å²) in [6.45, 7) is 7.86. The van der Waals surface area contributed by atoms with Crippen LogP contribution in [-0.2, 0) is 23.8 Å². The minimum Gasteiger partial charge on any atom is -0.467 e. The lowest BCUT2D eigenvalue weighted by Crippen LogP contribution is -2.52. The first kappa shape index (κ1) is 20.6. The number of thioether (sulfide) groups is 1. The minimum absolute atomic E-state index is 0.0850. The summed E-state index contributed by atoms with van der Waals surface area (Å²) in [6, 6.07) is -1.22. The number of esters is 1. The molecule has 0 N–H and O–H groups in total. The summed E-state index contributed by atoms with van der Waals surface area (Å²) >= 11 is 0.825. The summed E-state index contributed by atoms with van der Waals surface area (Å²) in [5.41, 5.74) is 0. The Morgan fingerprint density at radius 1 is 1.12 bits per heavy atom. The van der Waals surface area contributed by atoms with Gasteiger partial charge in [0.05, 0.1) is 18.9 Å². The smallest absolute Gasteiger partial charge is 0.430 e. The second kappa shape index (κ2) is 9.72. The molecule has 10 heteroatoms. The van der Waals surface area contributed by atoms with Crippen molar-refractivity contribution in [1.82, 2.24) is 10.0 Å². The van der Waals surface area contributed by atoms with Gasteiger partial charge in [0.25, 0.3) is 0 Å². The lowest BCUT2D eigenvalue weighted by molar-refractivity contribution is -0.148. The maximum Gasteiger partial charge on any atom is 0.430 e. The van der Waals surface area contributed by atoms with Crippen molar-refractivity contribution in [3.05, 3.63) is 25.3 Å². The van der Waals surface area contributed by atoms with E-state index in [1.165, 1.54) is 19.1 Å². The predicted molar refractivity (Wildman–Crippen MR) is 89.5 cm³/mol. The van der Waals surface area contributed by atoms with E-state index in [-0.39, 0.29) is 24.9 Å². The predicted octanol–water partition coefficient (Wildman–Crippen LogP) is 1.35. The van der Waals surface area contributed by atoms with Gasteiger partial charge >= 0.3 is 18.2 Å². The van der Waals surface area contributed by atoms with Crippen molar-refractivity contribution in [1.29, 1.82) is 0 Å². The van der Waals surface area contributed by atoms with Gasteiger partial charge in [-0.05, 0) is 0 Å². The molecule has 0 bridgehead atoms. The molecule has 1 saturated heterocycles. The number of hydrogen-bond donors (Lipinski definition) is 0. The van der Waals surface area contributed by atoms with Crippen molar-refractivity contribution in [2.24, 2.45) is 0 Å². The monoisotopic (exact) mass is 372 g/mol. The van der Waals surface area contributed by atoms with Crippen molar-refractivity contribution in [2.45, 2.75) is 18.2 Å². The molecule has 1 aliphatic rings. The lowest BCUT2D eigenvalue weighted by atomic mass is 10.2. The fraction of sp³-hybridized carbons (Fsp3) is 0.467. The second-order valence-electron chi connectivity index (χ2n) is 4.77. The zero-order valence-corrected chi connectivity index (χ0v) is 14.8. The summed E-state index contributed by atoms with van der Waals surface area (Å²) in [5.74, 6) is -0.784. The Hall–Kier alpha value is -2.49. The van der Waals surface area contributed by atoms with E-state index in [9.17, 15) is 19.2 Å². The highest BCUT2D eigenvalue weighted by molar-refractivity contribution is 8.14. The van der Waals surface area contributed by atoms with E-state index in [1.54, 1.807) is 0 Å². The van der Waals surface area contributed by atoms with Gasteiger partial charge in [0.2, 0.25) is 0 Å². The van der Waals surface area contributed by atoms with Crippen molar-refractivity contribution < 1.29 is 33.4 Å². The molecule has 1 aliphatic heterocycles. The minimum atomic E-state index is -1.22. The largest absolute Gasteiger partial charge is 0.467 e. The molecular formula is C15H20N2O7S. The van der Waals surface area contributed by atoms with Crippen molar-refractivity contribution in [2.75, 3.05) is 26.9 Å². The van der Waals surface area contributed by atoms with Gasteiger partial charge in [0, 0.05) is 6.92 Å². The van der Waals surface area contributed by atoms with Gasteiger partial charge in [0.15, 0.2) is 11.2 Å². The highest BCUT2D eigenvalue weighted by Gasteiger charge is 2.51. The maximum absolute atomic E-state index is 12.3. The molecule has 2 amide bonds. The van der Waals surface area contributed by atoms with Crippen LogP contribution in [0.1, 0.15) is 6.92 Å². The fourth-order valence-corrected chi connectivity index (χ4v) is 3.13. The highest BCUT2D eigenvalue weighted by atomic mass is 32.2. The molecule has 9 nitrogen and oxygen atoms in total. The van der Waals surface area contributed by atoms with Crippen LogP contribution < -0.4 is 0 Å². The molecule has 25 heavy (non-hydrogen) atoms. The van der Waals surface area contributed by atoms with Crippen LogP contribution in [0.25, 0.3) is 0 Å². The summed E-state index contributed by atoms with van der Waals surface area (Å²) in [7, 11) is 1.14. The number of hydrogen-bond acceptors (Lipinski definition) is 8. The van der Waals surface area contributed by atoms with E-state index in [4.69, 9.17) is 14.2 Å². The van der Waals surface area contributed by atoms with Gasteiger partial charge in [-0.1, -0.05) is 37.1 Å². The maximum atomic E-state index is 12.3. The average molecular weight is 372 g/mol. The fourth-order valence-electron chi connectivity index (χ4n) is 2.13. The van der Waals surface area contributed by atoms with E-state index in [1.807, 2.05) is 0 Å². The molecule has 0 aromatic heterocycles. The molecule has 0 saturated carbocycles. The Balaban J connectivity index is 3.17. The highest BCUT2D eigenvalue weighted by Crippen LogP contribution is 2.31. The number of nitrogens with zero attached hydrogens (tertiary/aromatic N) is 2. The SMILES string of the molecule is C=CCOC(=O)N1CC(SC(C)=O)C(C(=O)OC)N1C(=O)OCC=C. The summed E-state index contributed by atoms with van der Waals surface area (Å²) in [5, 5.41) is 0.718. The zero-order chi connectivity index (χ0) is 19.0. The molecule has 0 radical (unpaired) electrons. The Labute approximate surface area is 149 Å². The van der Waals surface area contributed by atoms with Crippen LogP contribution in [0, 0.1) is 0 Å². The summed E-state index contributed by atoms with van der Waals surface area (Å²) in [4.78, 5) is 48.2. The molecule has 0 aromatic carbocycles. The standard InChI is InChI=1S/C15H20N2O7S/c1-5-7-23-14(20)16-9-11(25-10(3)18)12(13(19)22-4)17(16)15(21)24-8-6-2/h5-6,11-12H,1-2,7-9H2,3-4H3. The van der Waals surface area contributed by atoms with Crippen molar-refractivity contribution in [3.8, 4) is 0 Å². The summed E-state index contributed by atoms with van der Waals surface area (Å²) in [6.07, 6.45) is 0.852. The van der Waals surface area contributed by atoms with E-state index in [0.29, 0.717) is 0 Å². The lowest BCUT2D eigenvalue weighted by Gasteiger charge is -2.29. The van der Waals surface area contributed by atoms with Gasteiger partial charge in [-0.25, -0.2) is 19.4 Å². The van der Waals surface area contributed by atoms with E-state index in [0.717, 1.165) is 28.9 Å². The Bertz CT molecular complexity index is 566. The molecule has 1 fully saturated rings. The first-order valence-electron chi connectivity index (χ1n) is 7.24. The molecular weight excluding hydrogens is 352 g/mol. The number of carbonyl (C=O) groups is 4. The van der Waals surface area contributed by atoms with Crippen LogP contribution in [0.3, 0.4) is 0 Å². The number of hydrazine groups is 1. The van der Waals surface area contributed by atoms with Crippen LogP contribution >= 0.6 is 11.8 Å². The molecule has 2 atom stereocenters. The van der Waals surface area contributed by atoms with Crippen LogP contribution in [0.4, 0.5) is 9.59 Å². The number of amides is 2. The zero-order valence-electron chi connectivity index (χ0n) is 14.0. The van der Waals surface area contributed by atoms with Crippen LogP contribution in [-0.4, -0.2) is 71.4 Å². The van der Waals surface area contributed by atoms with E-state index < -0.39 is 29.4 Å². The van der Waals surface area contributed by atoms with Gasteiger partial charge in [0.1, 0.15) is 13.2 Å². The van der Waals surface area contributed by atoms with E-state index >= 15 is 0 Å². The Morgan fingerprint density at radius 2 is 1.68 bits per heavy atom. The van der Waals surface area contributed by atoms with Crippen molar-refractivity contribution in [3.63, 3.8) is 0 Å². The molecule has 1 heterocycles. The van der Waals surface area contributed by atoms with E-state index in [2.05, 4.69) is 13.2 Å². The second-order valence-corrected chi connectivity index (χ2v) is 6.19. The van der Waals surface area contributed by atoms with Gasteiger partial charge < -0.3 is 14.2 Å². The molecule has 0 aliphatic carbocycles. The van der Waals surface area contributed by atoms with Gasteiger partial charge in [-0.15, -0.1) is 0 Å². The number of carbonyl (C=O) groups excluding carboxylic acids is 4. The van der Waals surface area contributed by atoms with Gasteiger partial charge in [-0.3, -0.25) is 4.79 Å². The van der Waals surface area contributed by atoms with Gasteiger partial charge in [-0.2, -0.15) is 5.01 Å². The van der Waals surface area contributed by atoms with Crippen LogP contribution in [0.15, 0.2) is 25.3 Å². The third kappa shape index (κ3) is 5.24. The van der Waals surface area contributed by atoms with Crippen LogP contribution in [0.2, 0.25) is 0 Å².